The second-order valence-electron chi connectivity index (χ2n) is 6.96. The van der Waals surface area contributed by atoms with Crippen LogP contribution in [0.3, 0.4) is 0 Å². The van der Waals surface area contributed by atoms with Crippen LogP contribution in [0, 0.1) is 0 Å². The maximum atomic E-state index is 13.4. The SMILES string of the molecule is CCCn1nc(C(=O)N2CCc3cc(C(=O)OC)ccc32)c2ccccc2c1=O. The van der Waals surface area contributed by atoms with Crippen molar-refractivity contribution in [2.24, 2.45) is 0 Å². The van der Waals surface area contributed by atoms with E-state index in [0.29, 0.717) is 35.8 Å². The molecule has 1 aliphatic rings. The van der Waals surface area contributed by atoms with Crippen molar-refractivity contribution < 1.29 is 14.3 Å². The summed E-state index contributed by atoms with van der Waals surface area (Å²) in [5, 5.41) is 5.44. The van der Waals surface area contributed by atoms with Gasteiger partial charge < -0.3 is 9.64 Å². The van der Waals surface area contributed by atoms with Gasteiger partial charge in [0.2, 0.25) is 0 Å². The molecule has 0 saturated heterocycles. The molecule has 0 N–H and O–H groups in total. The maximum Gasteiger partial charge on any atom is 0.337 e. The fourth-order valence-corrected chi connectivity index (χ4v) is 3.74. The van der Waals surface area contributed by atoms with E-state index in [4.69, 9.17) is 4.74 Å². The summed E-state index contributed by atoms with van der Waals surface area (Å²) in [5.74, 6) is -0.660. The van der Waals surface area contributed by atoms with Gasteiger partial charge in [0.25, 0.3) is 11.5 Å². The normalized spacial score (nSPS) is 12.8. The molecule has 2 heterocycles. The Morgan fingerprint density at radius 3 is 2.62 bits per heavy atom. The third-order valence-corrected chi connectivity index (χ3v) is 5.15. The lowest BCUT2D eigenvalue weighted by atomic mass is 10.1. The predicted octanol–water partition coefficient (Wildman–Crippen LogP) is 2.80. The summed E-state index contributed by atoms with van der Waals surface area (Å²) in [7, 11) is 1.34. The highest BCUT2D eigenvalue weighted by Crippen LogP contribution is 2.31. The lowest BCUT2D eigenvalue weighted by Crippen LogP contribution is -2.33. The first kappa shape index (κ1) is 18.9. The van der Waals surface area contributed by atoms with Gasteiger partial charge >= 0.3 is 5.97 Å². The Hall–Kier alpha value is -3.48. The minimum Gasteiger partial charge on any atom is -0.465 e. The number of hydrogen-bond donors (Lipinski definition) is 0. The zero-order valence-corrected chi connectivity index (χ0v) is 16.3. The Bertz CT molecular complexity index is 1180. The van der Waals surface area contributed by atoms with E-state index in [9.17, 15) is 14.4 Å². The number of esters is 1. The van der Waals surface area contributed by atoms with Crippen LogP contribution in [0.15, 0.2) is 47.3 Å². The number of amides is 1. The summed E-state index contributed by atoms with van der Waals surface area (Å²) in [4.78, 5) is 39.5. The summed E-state index contributed by atoms with van der Waals surface area (Å²) in [5.41, 5.74) is 2.19. The first-order valence-electron chi connectivity index (χ1n) is 9.58. The molecular formula is C22H21N3O4. The molecule has 0 saturated carbocycles. The molecule has 2 aromatic carbocycles. The Balaban J connectivity index is 1.79. The van der Waals surface area contributed by atoms with Crippen molar-refractivity contribution in [1.29, 1.82) is 0 Å². The summed E-state index contributed by atoms with van der Waals surface area (Å²) in [6, 6.07) is 12.2. The number of methoxy groups -OCH3 is 1. The van der Waals surface area contributed by atoms with Crippen molar-refractivity contribution in [3.63, 3.8) is 0 Å². The highest BCUT2D eigenvalue weighted by Gasteiger charge is 2.29. The van der Waals surface area contributed by atoms with Crippen molar-refractivity contribution in [3.8, 4) is 0 Å². The fourth-order valence-electron chi connectivity index (χ4n) is 3.74. The predicted molar refractivity (Wildman–Crippen MR) is 109 cm³/mol. The third kappa shape index (κ3) is 3.18. The zero-order chi connectivity index (χ0) is 20.5. The number of carbonyl (C=O) groups is 2. The topological polar surface area (TPSA) is 81.5 Å². The molecule has 0 radical (unpaired) electrons. The number of fused-ring (bicyclic) bond motifs is 2. The lowest BCUT2D eigenvalue weighted by molar-refractivity contribution is 0.0600. The Morgan fingerprint density at radius 2 is 1.90 bits per heavy atom. The van der Waals surface area contributed by atoms with Crippen LogP contribution in [0.1, 0.15) is 39.8 Å². The monoisotopic (exact) mass is 391 g/mol. The van der Waals surface area contributed by atoms with Gasteiger partial charge in [-0.1, -0.05) is 25.1 Å². The van der Waals surface area contributed by atoms with Gasteiger partial charge in [0, 0.05) is 24.2 Å². The van der Waals surface area contributed by atoms with Gasteiger partial charge in [-0.15, -0.1) is 0 Å². The molecule has 1 aliphatic heterocycles. The van der Waals surface area contributed by atoms with E-state index in [1.807, 2.05) is 6.92 Å². The summed E-state index contributed by atoms with van der Waals surface area (Å²) >= 11 is 0. The number of benzene rings is 2. The van der Waals surface area contributed by atoms with Crippen LogP contribution in [0.25, 0.3) is 10.8 Å². The van der Waals surface area contributed by atoms with Gasteiger partial charge in [0.1, 0.15) is 0 Å². The highest BCUT2D eigenvalue weighted by atomic mass is 16.5. The minimum absolute atomic E-state index is 0.191. The van der Waals surface area contributed by atoms with Gasteiger partial charge in [0.05, 0.1) is 18.1 Å². The van der Waals surface area contributed by atoms with E-state index in [2.05, 4.69) is 5.10 Å². The van der Waals surface area contributed by atoms with Crippen molar-refractivity contribution in [2.45, 2.75) is 26.3 Å². The summed E-state index contributed by atoms with van der Waals surface area (Å²) in [6.45, 7) is 2.89. The molecule has 0 spiro atoms. The first-order valence-corrected chi connectivity index (χ1v) is 9.58. The van der Waals surface area contributed by atoms with Crippen LogP contribution in [0.2, 0.25) is 0 Å². The van der Waals surface area contributed by atoms with Gasteiger partial charge in [0.15, 0.2) is 5.69 Å². The number of ether oxygens (including phenoxy) is 1. The zero-order valence-electron chi connectivity index (χ0n) is 16.3. The van der Waals surface area contributed by atoms with Crippen molar-refractivity contribution in [3.05, 3.63) is 69.6 Å². The van der Waals surface area contributed by atoms with Gasteiger partial charge in [-0.2, -0.15) is 5.10 Å². The third-order valence-electron chi connectivity index (χ3n) is 5.15. The van der Waals surface area contributed by atoms with Crippen LogP contribution < -0.4 is 10.5 Å². The van der Waals surface area contributed by atoms with E-state index in [-0.39, 0.29) is 17.2 Å². The second-order valence-corrected chi connectivity index (χ2v) is 6.96. The largest absolute Gasteiger partial charge is 0.465 e. The number of aryl methyl sites for hydroxylation is 1. The molecule has 7 heteroatoms. The Kier molecular flexibility index (Phi) is 4.88. The van der Waals surface area contributed by atoms with Crippen LogP contribution in [-0.2, 0) is 17.7 Å². The van der Waals surface area contributed by atoms with Gasteiger partial charge in [-0.3, -0.25) is 9.59 Å². The van der Waals surface area contributed by atoms with Crippen molar-refractivity contribution in [2.75, 3.05) is 18.6 Å². The van der Waals surface area contributed by atoms with Gasteiger partial charge in [-0.05, 0) is 42.7 Å². The van der Waals surface area contributed by atoms with E-state index >= 15 is 0 Å². The molecule has 0 fully saturated rings. The molecule has 0 unspecified atom stereocenters. The molecule has 29 heavy (non-hydrogen) atoms. The lowest BCUT2D eigenvalue weighted by Gasteiger charge is -2.19. The van der Waals surface area contributed by atoms with Gasteiger partial charge in [-0.25, -0.2) is 9.48 Å². The van der Waals surface area contributed by atoms with Crippen molar-refractivity contribution in [1.82, 2.24) is 9.78 Å². The minimum atomic E-state index is -0.406. The number of rotatable bonds is 4. The second kappa shape index (κ2) is 7.50. The van der Waals surface area contributed by atoms with Crippen LogP contribution in [0.5, 0.6) is 0 Å². The molecular weight excluding hydrogens is 370 g/mol. The number of nitrogens with zero attached hydrogens (tertiary/aromatic N) is 3. The number of carbonyl (C=O) groups excluding carboxylic acids is 2. The van der Waals surface area contributed by atoms with E-state index < -0.39 is 5.97 Å². The van der Waals surface area contributed by atoms with E-state index in [1.54, 1.807) is 47.4 Å². The molecule has 148 valence electrons. The van der Waals surface area contributed by atoms with Crippen LogP contribution in [0.4, 0.5) is 5.69 Å². The number of aromatic nitrogens is 2. The number of anilines is 1. The summed E-state index contributed by atoms with van der Waals surface area (Å²) in [6.07, 6.45) is 1.38. The smallest absolute Gasteiger partial charge is 0.337 e. The molecule has 0 aliphatic carbocycles. The van der Waals surface area contributed by atoms with E-state index in [0.717, 1.165) is 17.7 Å². The van der Waals surface area contributed by atoms with Crippen LogP contribution >= 0.6 is 0 Å². The Labute approximate surface area is 167 Å². The molecule has 7 nitrogen and oxygen atoms in total. The van der Waals surface area contributed by atoms with E-state index in [1.165, 1.54) is 11.8 Å². The average Bonchev–Trinajstić information content (AvgIpc) is 3.18. The standard InChI is InChI=1S/C22H21N3O4/c1-3-11-25-20(26)17-7-5-4-6-16(17)19(23-25)21(27)24-12-10-14-13-15(22(28)29-2)8-9-18(14)24/h4-9,13H,3,10-12H2,1-2H3. The quantitative estimate of drug-likeness (QED) is 0.639. The summed E-state index contributed by atoms with van der Waals surface area (Å²) < 4.78 is 6.14. The molecule has 4 rings (SSSR count). The molecule has 0 bridgehead atoms. The fraction of sp³-hybridized carbons (Fsp3) is 0.273. The molecule has 3 aromatic rings. The molecule has 1 aromatic heterocycles. The maximum absolute atomic E-state index is 13.4. The molecule has 0 atom stereocenters. The first-order chi connectivity index (χ1) is 14.0. The van der Waals surface area contributed by atoms with Crippen molar-refractivity contribution >= 4 is 28.3 Å². The Morgan fingerprint density at radius 1 is 1.14 bits per heavy atom. The molecule has 1 amide bonds. The number of hydrogen-bond acceptors (Lipinski definition) is 5. The highest BCUT2D eigenvalue weighted by molar-refractivity contribution is 6.13. The average molecular weight is 391 g/mol. The van der Waals surface area contributed by atoms with Crippen LogP contribution in [-0.4, -0.2) is 35.3 Å².